The van der Waals surface area contributed by atoms with E-state index < -0.39 is 11.9 Å². The summed E-state index contributed by atoms with van der Waals surface area (Å²) in [6.07, 6.45) is 2.84. The maximum absolute atomic E-state index is 14.0. The van der Waals surface area contributed by atoms with Crippen molar-refractivity contribution in [2.75, 3.05) is 11.9 Å². The molecule has 25 heavy (non-hydrogen) atoms. The van der Waals surface area contributed by atoms with Crippen molar-refractivity contribution in [3.8, 4) is 11.1 Å². The van der Waals surface area contributed by atoms with Gasteiger partial charge in [0.2, 0.25) is 0 Å². The second-order valence-electron chi connectivity index (χ2n) is 7.00. The van der Waals surface area contributed by atoms with Crippen LogP contribution in [-0.4, -0.2) is 41.3 Å². The molecule has 2 unspecified atom stereocenters. The van der Waals surface area contributed by atoms with Crippen LogP contribution in [0.4, 0.5) is 14.9 Å². The molecule has 3 heterocycles. The van der Waals surface area contributed by atoms with Crippen LogP contribution in [0, 0.1) is 5.82 Å². The van der Waals surface area contributed by atoms with Gasteiger partial charge in [0.1, 0.15) is 5.82 Å². The fourth-order valence-corrected chi connectivity index (χ4v) is 5.07. The van der Waals surface area contributed by atoms with E-state index in [-0.39, 0.29) is 6.04 Å². The second-order valence-corrected chi connectivity index (χ2v) is 7.78. The first-order chi connectivity index (χ1) is 12.0. The predicted molar refractivity (Wildman–Crippen MR) is 97.8 cm³/mol. The van der Waals surface area contributed by atoms with Crippen LogP contribution in [0.2, 0.25) is 0 Å². The molecule has 1 aromatic carbocycles. The Bertz CT molecular complexity index is 766. The van der Waals surface area contributed by atoms with Crippen LogP contribution in [0.1, 0.15) is 25.7 Å². The highest BCUT2D eigenvalue weighted by atomic mass is 32.1. The van der Waals surface area contributed by atoms with Gasteiger partial charge in [0.05, 0.1) is 5.69 Å². The van der Waals surface area contributed by atoms with E-state index in [0.717, 1.165) is 36.8 Å². The second kappa shape index (κ2) is 6.42. The van der Waals surface area contributed by atoms with Crippen molar-refractivity contribution in [2.24, 2.45) is 0 Å². The van der Waals surface area contributed by atoms with Gasteiger partial charge in [0, 0.05) is 23.7 Å². The van der Waals surface area contributed by atoms with Crippen LogP contribution < -0.4 is 4.90 Å². The SMILES string of the molecule is CN1C2CCC1CC(N(C(=O)O)c1cc(F)ccc1-c1ccsc1)C2. The molecule has 2 saturated heterocycles. The van der Waals surface area contributed by atoms with E-state index >= 15 is 0 Å². The summed E-state index contributed by atoms with van der Waals surface area (Å²) in [6, 6.07) is 7.13. The molecule has 0 spiro atoms. The molecule has 4 rings (SSSR count). The van der Waals surface area contributed by atoms with Gasteiger partial charge >= 0.3 is 6.09 Å². The smallest absolute Gasteiger partial charge is 0.412 e. The molecule has 2 aliphatic heterocycles. The zero-order valence-corrected chi connectivity index (χ0v) is 14.9. The molecule has 1 amide bonds. The monoisotopic (exact) mass is 360 g/mol. The van der Waals surface area contributed by atoms with Crippen LogP contribution in [0.3, 0.4) is 0 Å². The minimum atomic E-state index is -1.00. The third kappa shape index (κ3) is 2.93. The van der Waals surface area contributed by atoms with Gasteiger partial charge in [0.25, 0.3) is 0 Å². The molecule has 6 heteroatoms. The standard InChI is InChI=1S/C19H21FN2O2S/c1-21-14-3-4-15(21)10-16(9-14)22(19(23)24)18-8-13(20)2-5-17(18)12-6-7-25-11-12/h2,5-8,11,14-16H,3-4,9-10H2,1H3,(H,23,24). The van der Waals surface area contributed by atoms with Gasteiger partial charge in [-0.2, -0.15) is 11.3 Å². The summed E-state index contributed by atoms with van der Waals surface area (Å²) in [5.41, 5.74) is 2.17. The Morgan fingerprint density at radius 2 is 2.00 bits per heavy atom. The molecule has 2 aliphatic rings. The van der Waals surface area contributed by atoms with Gasteiger partial charge in [-0.15, -0.1) is 0 Å². The normalized spacial score (nSPS) is 25.9. The van der Waals surface area contributed by atoms with Crippen LogP contribution in [-0.2, 0) is 0 Å². The Kier molecular flexibility index (Phi) is 4.25. The maximum Gasteiger partial charge on any atom is 0.412 e. The van der Waals surface area contributed by atoms with Crippen LogP contribution >= 0.6 is 11.3 Å². The van der Waals surface area contributed by atoms with Gasteiger partial charge < -0.3 is 10.0 Å². The van der Waals surface area contributed by atoms with Gasteiger partial charge in [-0.25, -0.2) is 9.18 Å². The molecule has 0 radical (unpaired) electrons. The van der Waals surface area contributed by atoms with Gasteiger partial charge in [-0.3, -0.25) is 4.90 Å². The highest BCUT2D eigenvalue weighted by Crippen LogP contribution is 2.40. The molecular weight excluding hydrogens is 339 g/mol. The first-order valence-electron chi connectivity index (χ1n) is 8.61. The average Bonchev–Trinajstić information content (AvgIpc) is 3.14. The van der Waals surface area contributed by atoms with E-state index in [1.165, 1.54) is 17.0 Å². The molecule has 2 atom stereocenters. The molecular formula is C19H21FN2O2S. The number of rotatable bonds is 3. The first-order valence-corrected chi connectivity index (χ1v) is 9.55. The van der Waals surface area contributed by atoms with Crippen molar-refractivity contribution < 1.29 is 14.3 Å². The zero-order valence-electron chi connectivity index (χ0n) is 14.1. The number of hydrogen-bond donors (Lipinski definition) is 1. The number of fused-ring (bicyclic) bond motifs is 2. The number of benzene rings is 1. The van der Waals surface area contributed by atoms with E-state index in [0.29, 0.717) is 17.8 Å². The summed E-state index contributed by atoms with van der Waals surface area (Å²) in [4.78, 5) is 15.9. The summed E-state index contributed by atoms with van der Waals surface area (Å²) < 4.78 is 14.0. The largest absolute Gasteiger partial charge is 0.465 e. The van der Waals surface area contributed by atoms with Crippen LogP contribution in [0.5, 0.6) is 0 Å². The van der Waals surface area contributed by atoms with Crippen molar-refractivity contribution >= 4 is 23.1 Å². The lowest BCUT2D eigenvalue weighted by molar-refractivity contribution is 0.151. The van der Waals surface area contributed by atoms with Crippen molar-refractivity contribution in [3.05, 3.63) is 40.8 Å². The number of hydrogen-bond acceptors (Lipinski definition) is 3. The van der Waals surface area contributed by atoms with Crippen molar-refractivity contribution in [2.45, 2.75) is 43.8 Å². The number of piperidine rings is 1. The van der Waals surface area contributed by atoms with E-state index in [4.69, 9.17) is 0 Å². The van der Waals surface area contributed by atoms with Gasteiger partial charge in [0.15, 0.2) is 0 Å². The molecule has 1 N–H and O–H groups in total. The average molecular weight is 360 g/mol. The van der Waals surface area contributed by atoms with Crippen LogP contribution in [0.15, 0.2) is 35.0 Å². The zero-order chi connectivity index (χ0) is 17.6. The first kappa shape index (κ1) is 16.5. The van der Waals surface area contributed by atoms with Gasteiger partial charge in [-0.05, 0) is 73.3 Å². The number of thiophene rings is 1. The highest BCUT2D eigenvalue weighted by molar-refractivity contribution is 7.08. The maximum atomic E-state index is 14.0. The van der Waals surface area contributed by atoms with Crippen molar-refractivity contribution in [1.29, 1.82) is 0 Å². The number of halogens is 1. The fourth-order valence-electron chi connectivity index (χ4n) is 4.42. The number of nitrogens with zero attached hydrogens (tertiary/aromatic N) is 2. The Morgan fingerprint density at radius 1 is 1.28 bits per heavy atom. The Balaban J connectivity index is 1.75. The summed E-state index contributed by atoms with van der Waals surface area (Å²) in [5.74, 6) is -0.406. The molecule has 2 bridgehead atoms. The van der Waals surface area contributed by atoms with E-state index in [9.17, 15) is 14.3 Å². The molecule has 1 aromatic heterocycles. The topological polar surface area (TPSA) is 43.8 Å². The molecule has 0 aliphatic carbocycles. The minimum absolute atomic E-state index is 0.106. The summed E-state index contributed by atoms with van der Waals surface area (Å²) in [5, 5.41) is 13.9. The third-order valence-corrected chi connectivity index (χ3v) is 6.38. The lowest BCUT2D eigenvalue weighted by atomic mass is 9.95. The lowest BCUT2D eigenvalue weighted by Crippen LogP contribution is -2.50. The molecule has 4 nitrogen and oxygen atoms in total. The van der Waals surface area contributed by atoms with Crippen molar-refractivity contribution in [1.82, 2.24) is 4.90 Å². The molecule has 0 saturated carbocycles. The Morgan fingerprint density at radius 3 is 2.60 bits per heavy atom. The molecule has 2 aromatic rings. The van der Waals surface area contributed by atoms with Crippen molar-refractivity contribution in [3.63, 3.8) is 0 Å². The summed E-state index contributed by atoms with van der Waals surface area (Å²) in [6.45, 7) is 0. The number of anilines is 1. The number of amides is 1. The summed E-state index contributed by atoms with van der Waals surface area (Å²) in [7, 11) is 2.13. The Labute approximate surface area is 150 Å². The quantitative estimate of drug-likeness (QED) is 0.865. The number of carbonyl (C=O) groups is 1. The van der Waals surface area contributed by atoms with Crippen LogP contribution in [0.25, 0.3) is 11.1 Å². The van der Waals surface area contributed by atoms with E-state index in [1.807, 2.05) is 16.8 Å². The molecule has 132 valence electrons. The van der Waals surface area contributed by atoms with E-state index in [2.05, 4.69) is 11.9 Å². The highest BCUT2D eigenvalue weighted by Gasteiger charge is 2.42. The summed E-state index contributed by atoms with van der Waals surface area (Å²) >= 11 is 1.55. The van der Waals surface area contributed by atoms with E-state index in [1.54, 1.807) is 17.4 Å². The third-order valence-electron chi connectivity index (χ3n) is 5.70. The predicted octanol–water partition coefficient (Wildman–Crippen LogP) is 4.66. The molecule has 2 fully saturated rings. The Hall–Kier alpha value is -1.92. The fraction of sp³-hybridized carbons (Fsp3) is 0.421. The number of carboxylic acid groups (broad SMARTS) is 1. The van der Waals surface area contributed by atoms with Gasteiger partial charge in [-0.1, -0.05) is 0 Å². The minimum Gasteiger partial charge on any atom is -0.465 e. The lowest BCUT2D eigenvalue weighted by Gasteiger charge is -2.41.